The van der Waals surface area contributed by atoms with Crippen LogP contribution in [0.15, 0.2) is 12.2 Å². The Morgan fingerprint density at radius 3 is 1.59 bits per heavy atom. The molecule has 5 heteroatoms. The Balaban J connectivity index is 3.86. The first-order chi connectivity index (χ1) is 12.5. The molecule has 0 atom stereocenters. The van der Waals surface area contributed by atoms with Gasteiger partial charge in [-0.1, -0.05) is 57.6 Å². The van der Waals surface area contributed by atoms with E-state index in [-0.39, 0.29) is 0 Å². The van der Waals surface area contributed by atoms with E-state index >= 15 is 0 Å². The molecule has 0 N–H and O–H groups in total. The van der Waals surface area contributed by atoms with Crippen molar-refractivity contribution in [3.05, 3.63) is 12.2 Å². The summed E-state index contributed by atoms with van der Waals surface area (Å²) in [4.78, 5) is 0. The van der Waals surface area contributed by atoms with Crippen LogP contribution >= 0.6 is 7.82 Å². The lowest BCUT2D eigenvalue weighted by molar-refractivity contribution is 0.00298. The first-order valence-electron chi connectivity index (χ1n) is 10.8. The van der Waals surface area contributed by atoms with Crippen molar-refractivity contribution in [3.8, 4) is 0 Å². The van der Waals surface area contributed by atoms with Crippen molar-refractivity contribution < 1.29 is 18.1 Å². The number of hydrogen-bond acceptors (Lipinski definition) is 4. The van der Waals surface area contributed by atoms with Crippen molar-refractivity contribution >= 4 is 7.82 Å². The molecule has 0 aromatic carbocycles. The van der Waals surface area contributed by atoms with E-state index in [0.717, 1.165) is 19.3 Å². The number of allylic oxidation sites excluding steroid dienone is 2. The Kier molecular flexibility index (Phi) is 13.9. The fourth-order valence-corrected chi connectivity index (χ4v) is 4.46. The summed E-state index contributed by atoms with van der Waals surface area (Å²) in [6.07, 6.45) is 16.6. The standard InChI is InChI=1S/C22H45O4P/c1-8-9-10-11-12-13-14-15-16-17-18-19-20-24-27(23,25-21(2,3)4)26-22(5,6)7/h9-10H,8,11-20H2,1-7H3/b10-9+. The predicted octanol–water partition coefficient (Wildman–Crippen LogP) is 8.22. The summed E-state index contributed by atoms with van der Waals surface area (Å²) in [6.45, 7) is 13.7. The van der Waals surface area contributed by atoms with Crippen molar-refractivity contribution in [2.45, 2.75) is 124 Å². The zero-order valence-electron chi connectivity index (χ0n) is 19.0. The van der Waals surface area contributed by atoms with E-state index in [4.69, 9.17) is 13.6 Å². The number of rotatable bonds is 15. The van der Waals surface area contributed by atoms with Crippen LogP contribution in [-0.2, 0) is 18.1 Å². The van der Waals surface area contributed by atoms with Gasteiger partial charge in [0.25, 0.3) is 0 Å². The van der Waals surface area contributed by atoms with E-state index in [2.05, 4.69) is 19.1 Å². The van der Waals surface area contributed by atoms with Crippen LogP contribution in [0.5, 0.6) is 0 Å². The van der Waals surface area contributed by atoms with E-state index in [0.29, 0.717) is 6.61 Å². The molecule has 0 rings (SSSR count). The fraction of sp³-hybridized carbons (Fsp3) is 0.909. The normalized spacial score (nSPS) is 13.6. The van der Waals surface area contributed by atoms with Gasteiger partial charge in [0, 0.05) is 0 Å². The second-order valence-electron chi connectivity index (χ2n) is 9.18. The highest BCUT2D eigenvalue weighted by atomic mass is 31.2. The Bertz CT molecular complexity index is 413. The van der Waals surface area contributed by atoms with E-state index in [1.54, 1.807) is 0 Å². The molecule has 0 radical (unpaired) electrons. The number of unbranched alkanes of at least 4 members (excludes halogenated alkanes) is 8. The van der Waals surface area contributed by atoms with Crippen LogP contribution in [0.4, 0.5) is 0 Å². The lowest BCUT2D eigenvalue weighted by Crippen LogP contribution is -2.24. The quantitative estimate of drug-likeness (QED) is 0.157. The Morgan fingerprint density at radius 1 is 0.704 bits per heavy atom. The summed E-state index contributed by atoms with van der Waals surface area (Å²) < 4.78 is 29.7. The van der Waals surface area contributed by atoms with Crippen LogP contribution in [0.3, 0.4) is 0 Å². The van der Waals surface area contributed by atoms with Gasteiger partial charge in [-0.2, -0.15) is 0 Å². The monoisotopic (exact) mass is 404 g/mol. The van der Waals surface area contributed by atoms with Crippen molar-refractivity contribution in [1.29, 1.82) is 0 Å². The van der Waals surface area contributed by atoms with Crippen LogP contribution in [0.2, 0.25) is 0 Å². The van der Waals surface area contributed by atoms with Crippen LogP contribution in [0, 0.1) is 0 Å². The second-order valence-corrected chi connectivity index (χ2v) is 10.7. The molecule has 0 heterocycles. The lowest BCUT2D eigenvalue weighted by Gasteiger charge is -2.30. The van der Waals surface area contributed by atoms with Gasteiger partial charge in [-0.3, -0.25) is 13.6 Å². The maximum atomic E-state index is 12.9. The molecule has 0 amide bonds. The molecule has 0 spiro atoms. The molecule has 27 heavy (non-hydrogen) atoms. The SMILES string of the molecule is CC/C=C/CCCCCCCCCCOP(=O)(OC(C)(C)C)OC(C)(C)C. The van der Waals surface area contributed by atoms with Gasteiger partial charge in [-0.25, -0.2) is 4.57 Å². The van der Waals surface area contributed by atoms with Crippen molar-refractivity contribution in [2.24, 2.45) is 0 Å². The molecule has 0 aliphatic carbocycles. The Morgan fingerprint density at radius 2 is 1.15 bits per heavy atom. The van der Waals surface area contributed by atoms with E-state index in [1.807, 2.05) is 41.5 Å². The third kappa shape index (κ3) is 19.0. The van der Waals surface area contributed by atoms with Crippen molar-refractivity contribution in [3.63, 3.8) is 0 Å². The van der Waals surface area contributed by atoms with Gasteiger partial charge in [-0.15, -0.1) is 0 Å². The van der Waals surface area contributed by atoms with E-state index < -0.39 is 19.0 Å². The maximum Gasteiger partial charge on any atom is 0.475 e. The van der Waals surface area contributed by atoms with E-state index in [1.165, 1.54) is 44.9 Å². The molecule has 4 nitrogen and oxygen atoms in total. The molecule has 0 bridgehead atoms. The molecule has 0 aliphatic heterocycles. The minimum atomic E-state index is -3.55. The molecule has 0 aromatic heterocycles. The first kappa shape index (κ1) is 26.9. The van der Waals surface area contributed by atoms with Crippen LogP contribution in [0.25, 0.3) is 0 Å². The van der Waals surface area contributed by atoms with Gasteiger partial charge in [0.1, 0.15) is 0 Å². The first-order valence-corrected chi connectivity index (χ1v) is 12.2. The highest BCUT2D eigenvalue weighted by molar-refractivity contribution is 7.48. The molecule has 0 aliphatic rings. The summed E-state index contributed by atoms with van der Waals surface area (Å²) in [5.41, 5.74) is -1.15. The van der Waals surface area contributed by atoms with Gasteiger partial charge in [0.2, 0.25) is 0 Å². The summed E-state index contributed by atoms with van der Waals surface area (Å²) >= 11 is 0. The van der Waals surface area contributed by atoms with Gasteiger partial charge >= 0.3 is 7.82 Å². The van der Waals surface area contributed by atoms with E-state index in [9.17, 15) is 4.57 Å². The van der Waals surface area contributed by atoms with Crippen molar-refractivity contribution in [1.82, 2.24) is 0 Å². The molecular formula is C22H45O4P. The number of hydrogen-bond donors (Lipinski definition) is 0. The summed E-state index contributed by atoms with van der Waals surface area (Å²) in [5.74, 6) is 0. The van der Waals surface area contributed by atoms with Crippen LogP contribution < -0.4 is 0 Å². The minimum absolute atomic E-state index is 0.410. The molecule has 0 unspecified atom stereocenters. The topological polar surface area (TPSA) is 44.8 Å². The zero-order valence-corrected chi connectivity index (χ0v) is 19.9. The lowest BCUT2D eigenvalue weighted by atomic mass is 10.1. The van der Waals surface area contributed by atoms with Crippen molar-refractivity contribution in [2.75, 3.05) is 6.61 Å². The minimum Gasteiger partial charge on any atom is -0.287 e. The third-order valence-electron chi connectivity index (χ3n) is 3.69. The maximum absolute atomic E-state index is 12.9. The van der Waals surface area contributed by atoms with Gasteiger partial charge < -0.3 is 0 Å². The summed E-state index contributed by atoms with van der Waals surface area (Å²) in [6, 6.07) is 0. The highest BCUT2D eigenvalue weighted by Gasteiger charge is 2.36. The molecule has 0 saturated carbocycles. The van der Waals surface area contributed by atoms with Gasteiger partial charge in [0.05, 0.1) is 17.8 Å². The smallest absolute Gasteiger partial charge is 0.287 e. The number of phosphoric acid groups is 1. The molecule has 0 saturated heterocycles. The average molecular weight is 405 g/mol. The largest absolute Gasteiger partial charge is 0.475 e. The van der Waals surface area contributed by atoms with Crippen LogP contribution in [-0.4, -0.2) is 17.8 Å². The highest BCUT2D eigenvalue weighted by Crippen LogP contribution is 2.55. The predicted molar refractivity (Wildman–Crippen MR) is 116 cm³/mol. The fourth-order valence-electron chi connectivity index (χ4n) is 2.63. The Labute approximate surface area is 169 Å². The summed E-state index contributed by atoms with van der Waals surface area (Å²) in [7, 11) is -3.55. The number of phosphoric ester groups is 1. The zero-order chi connectivity index (χ0) is 20.8. The second kappa shape index (κ2) is 13.9. The van der Waals surface area contributed by atoms with Gasteiger partial charge in [-0.05, 0) is 67.2 Å². The molecule has 0 aromatic rings. The molecular weight excluding hydrogens is 359 g/mol. The average Bonchev–Trinajstić information content (AvgIpc) is 2.48. The Hall–Kier alpha value is -0.150. The van der Waals surface area contributed by atoms with Crippen LogP contribution in [0.1, 0.15) is 113 Å². The molecule has 0 fully saturated rings. The summed E-state index contributed by atoms with van der Waals surface area (Å²) in [5, 5.41) is 0. The third-order valence-corrected chi connectivity index (χ3v) is 5.73. The van der Waals surface area contributed by atoms with Gasteiger partial charge in [0.15, 0.2) is 0 Å². The molecule has 162 valence electrons.